The van der Waals surface area contributed by atoms with Gasteiger partial charge in [0.2, 0.25) is 0 Å². The lowest BCUT2D eigenvalue weighted by atomic mass is 9.90. The van der Waals surface area contributed by atoms with Crippen molar-refractivity contribution in [1.29, 1.82) is 0 Å². The van der Waals surface area contributed by atoms with Crippen LogP contribution in [0.25, 0.3) is 5.52 Å². The molecular formula is C16H20N2O. The first kappa shape index (κ1) is 11.5. The van der Waals surface area contributed by atoms with E-state index in [2.05, 4.69) is 17.2 Å². The summed E-state index contributed by atoms with van der Waals surface area (Å²) < 4.78 is 2.04. The van der Waals surface area contributed by atoms with Crippen molar-refractivity contribution in [1.82, 2.24) is 9.38 Å². The van der Waals surface area contributed by atoms with E-state index in [1.807, 2.05) is 16.9 Å². The highest BCUT2D eigenvalue weighted by atomic mass is 16.3. The van der Waals surface area contributed by atoms with E-state index in [1.165, 1.54) is 44.1 Å². The van der Waals surface area contributed by atoms with Gasteiger partial charge in [0.05, 0.1) is 24.1 Å². The molecule has 0 saturated heterocycles. The van der Waals surface area contributed by atoms with E-state index < -0.39 is 0 Å². The zero-order chi connectivity index (χ0) is 12.8. The van der Waals surface area contributed by atoms with Crippen LogP contribution < -0.4 is 0 Å². The van der Waals surface area contributed by atoms with Gasteiger partial charge in [0.15, 0.2) is 0 Å². The van der Waals surface area contributed by atoms with Gasteiger partial charge in [-0.15, -0.1) is 0 Å². The summed E-state index contributed by atoms with van der Waals surface area (Å²) in [7, 11) is 0. The second kappa shape index (κ2) is 4.34. The molecule has 2 fully saturated rings. The van der Waals surface area contributed by atoms with Gasteiger partial charge < -0.3 is 9.51 Å². The first-order valence-electron chi connectivity index (χ1n) is 7.47. The molecule has 0 amide bonds. The molecule has 1 atom stereocenters. The fraction of sp³-hybridized carbons (Fsp3) is 0.562. The molecule has 2 saturated carbocycles. The van der Waals surface area contributed by atoms with Crippen LogP contribution in [0.1, 0.15) is 61.7 Å². The van der Waals surface area contributed by atoms with Crippen molar-refractivity contribution in [2.75, 3.05) is 0 Å². The highest BCUT2D eigenvalue weighted by Crippen LogP contribution is 2.46. The van der Waals surface area contributed by atoms with Crippen molar-refractivity contribution in [3.8, 4) is 0 Å². The molecule has 2 aromatic heterocycles. The molecule has 4 rings (SSSR count). The van der Waals surface area contributed by atoms with Gasteiger partial charge in [-0.1, -0.05) is 12.8 Å². The Morgan fingerprint density at radius 3 is 2.74 bits per heavy atom. The standard InChI is InChI=1S/C16H20N2O/c19-16(12-3-1-2-4-12)15-13(11-5-6-11)7-8-18-10-17-9-14(15)18/h7-12,16,19H,1-6H2. The number of rotatable bonds is 3. The predicted molar refractivity (Wildman–Crippen MR) is 74.1 cm³/mol. The molecule has 2 aliphatic carbocycles. The van der Waals surface area contributed by atoms with Gasteiger partial charge >= 0.3 is 0 Å². The van der Waals surface area contributed by atoms with Crippen LogP contribution in [-0.4, -0.2) is 14.5 Å². The van der Waals surface area contributed by atoms with E-state index in [9.17, 15) is 5.11 Å². The van der Waals surface area contributed by atoms with Gasteiger partial charge in [-0.3, -0.25) is 0 Å². The Labute approximate surface area is 113 Å². The van der Waals surface area contributed by atoms with Gasteiger partial charge in [-0.05, 0) is 49.1 Å². The molecule has 2 aliphatic rings. The van der Waals surface area contributed by atoms with Gasteiger partial charge in [0.1, 0.15) is 0 Å². The van der Waals surface area contributed by atoms with Crippen LogP contribution in [0, 0.1) is 5.92 Å². The number of imidazole rings is 1. The number of aromatic nitrogens is 2. The number of pyridine rings is 1. The summed E-state index contributed by atoms with van der Waals surface area (Å²) in [4.78, 5) is 4.24. The van der Waals surface area contributed by atoms with Gasteiger partial charge in [-0.25, -0.2) is 4.98 Å². The van der Waals surface area contributed by atoms with Crippen molar-refractivity contribution in [2.45, 2.75) is 50.5 Å². The molecule has 2 heterocycles. The largest absolute Gasteiger partial charge is 0.388 e. The maximum absolute atomic E-state index is 10.9. The second-order valence-corrected chi connectivity index (χ2v) is 6.13. The highest BCUT2D eigenvalue weighted by molar-refractivity contribution is 5.59. The normalized spacial score (nSPS) is 22.2. The van der Waals surface area contributed by atoms with Crippen LogP contribution >= 0.6 is 0 Å². The third kappa shape index (κ3) is 1.88. The Morgan fingerprint density at radius 2 is 2.00 bits per heavy atom. The Hall–Kier alpha value is -1.35. The Balaban J connectivity index is 1.84. The number of nitrogens with zero attached hydrogens (tertiary/aromatic N) is 2. The minimum Gasteiger partial charge on any atom is -0.388 e. The highest BCUT2D eigenvalue weighted by Gasteiger charge is 2.33. The van der Waals surface area contributed by atoms with Crippen molar-refractivity contribution in [3.63, 3.8) is 0 Å². The van der Waals surface area contributed by atoms with E-state index in [0.717, 1.165) is 11.1 Å². The molecule has 1 N–H and O–H groups in total. The lowest BCUT2D eigenvalue weighted by molar-refractivity contribution is 0.112. The molecule has 0 spiro atoms. The molecule has 0 aliphatic heterocycles. The number of aliphatic hydroxyl groups is 1. The van der Waals surface area contributed by atoms with Gasteiger partial charge in [0, 0.05) is 11.8 Å². The van der Waals surface area contributed by atoms with Crippen LogP contribution in [0.4, 0.5) is 0 Å². The predicted octanol–water partition coefficient (Wildman–Crippen LogP) is 3.44. The molecule has 19 heavy (non-hydrogen) atoms. The van der Waals surface area contributed by atoms with Gasteiger partial charge in [0.25, 0.3) is 0 Å². The minimum atomic E-state index is -0.307. The summed E-state index contributed by atoms with van der Waals surface area (Å²) in [6.45, 7) is 0. The average molecular weight is 256 g/mol. The Morgan fingerprint density at radius 1 is 1.21 bits per heavy atom. The van der Waals surface area contributed by atoms with E-state index in [4.69, 9.17) is 0 Å². The first-order chi connectivity index (χ1) is 9.34. The third-order valence-electron chi connectivity index (χ3n) is 4.83. The quantitative estimate of drug-likeness (QED) is 0.913. The first-order valence-corrected chi connectivity index (χ1v) is 7.47. The van der Waals surface area contributed by atoms with E-state index in [0.29, 0.717) is 11.8 Å². The molecule has 0 aromatic carbocycles. The SMILES string of the molecule is OC(c1c(C2CC2)ccn2cncc12)C1CCCC1. The van der Waals surface area contributed by atoms with Crippen LogP contribution in [0.2, 0.25) is 0 Å². The Bertz CT molecular complexity index is 594. The Kier molecular flexibility index (Phi) is 2.62. The summed E-state index contributed by atoms with van der Waals surface area (Å²) in [5.41, 5.74) is 3.63. The van der Waals surface area contributed by atoms with E-state index in [1.54, 1.807) is 0 Å². The van der Waals surface area contributed by atoms with Crippen LogP contribution in [0.15, 0.2) is 24.8 Å². The summed E-state index contributed by atoms with van der Waals surface area (Å²) in [5, 5.41) is 10.9. The summed E-state index contributed by atoms with van der Waals surface area (Å²) in [5.74, 6) is 1.12. The molecule has 100 valence electrons. The van der Waals surface area contributed by atoms with Gasteiger partial charge in [-0.2, -0.15) is 0 Å². The van der Waals surface area contributed by atoms with E-state index in [-0.39, 0.29) is 6.10 Å². The molecule has 2 aromatic rings. The van der Waals surface area contributed by atoms with Crippen molar-refractivity contribution >= 4 is 5.52 Å². The van der Waals surface area contributed by atoms with Crippen molar-refractivity contribution in [2.24, 2.45) is 5.92 Å². The van der Waals surface area contributed by atoms with Crippen LogP contribution in [-0.2, 0) is 0 Å². The fourth-order valence-electron chi connectivity index (χ4n) is 3.61. The number of hydrogen-bond acceptors (Lipinski definition) is 2. The molecular weight excluding hydrogens is 236 g/mol. The maximum atomic E-state index is 10.9. The molecule has 3 nitrogen and oxygen atoms in total. The zero-order valence-electron chi connectivity index (χ0n) is 11.1. The zero-order valence-corrected chi connectivity index (χ0v) is 11.1. The minimum absolute atomic E-state index is 0.307. The fourth-order valence-corrected chi connectivity index (χ4v) is 3.61. The smallest absolute Gasteiger partial charge is 0.0992 e. The lowest BCUT2D eigenvalue weighted by Crippen LogP contribution is -2.12. The molecule has 0 bridgehead atoms. The van der Waals surface area contributed by atoms with Crippen molar-refractivity contribution < 1.29 is 5.11 Å². The second-order valence-electron chi connectivity index (χ2n) is 6.13. The monoisotopic (exact) mass is 256 g/mol. The lowest BCUT2D eigenvalue weighted by Gasteiger charge is -2.22. The summed E-state index contributed by atoms with van der Waals surface area (Å²) in [6, 6.07) is 2.19. The summed E-state index contributed by atoms with van der Waals surface area (Å²) >= 11 is 0. The third-order valence-corrected chi connectivity index (χ3v) is 4.83. The molecule has 1 unspecified atom stereocenters. The van der Waals surface area contributed by atoms with Crippen molar-refractivity contribution in [3.05, 3.63) is 35.9 Å². The molecule has 3 heteroatoms. The molecule has 0 radical (unpaired) electrons. The van der Waals surface area contributed by atoms with Crippen LogP contribution in [0.5, 0.6) is 0 Å². The number of hydrogen-bond donors (Lipinski definition) is 1. The number of fused-ring (bicyclic) bond motifs is 1. The topological polar surface area (TPSA) is 37.5 Å². The summed E-state index contributed by atoms with van der Waals surface area (Å²) in [6.07, 6.45) is 12.9. The average Bonchev–Trinajstić information content (AvgIpc) is 2.94. The van der Waals surface area contributed by atoms with E-state index >= 15 is 0 Å². The maximum Gasteiger partial charge on any atom is 0.0992 e. The number of aliphatic hydroxyl groups excluding tert-OH is 1. The van der Waals surface area contributed by atoms with Crippen LogP contribution in [0.3, 0.4) is 0 Å².